The molecule has 0 heterocycles. The smallest absolute Gasteiger partial charge is 0.404 e. The number of carbonyl (C=O) groups is 3. The molecule has 0 rings (SSSR count). The van der Waals surface area contributed by atoms with Crippen LogP contribution in [0.3, 0.4) is 0 Å². The molecule has 15 heavy (non-hydrogen) atoms. The highest BCUT2D eigenvalue weighted by Gasteiger charge is 2.11. The van der Waals surface area contributed by atoms with Gasteiger partial charge in [0.1, 0.15) is 6.61 Å². The van der Waals surface area contributed by atoms with Crippen molar-refractivity contribution in [3.05, 3.63) is 0 Å². The van der Waals surface area contributed by atoms with Crippen molar-refractivity contribution in [2.45, 2.75) is 0 Å². The Kier molecular flexibility index (Phi) is 6.64. The number of carbonyl (C=O) groups excluding carboxylic acids is 3. The fourth-order valence-electron chi connectivity index (χ4n) is 0.662. The minimum atomic E-state index is -0.933. The van der Waals surface area contributed by atoms with Crippen molar-refractivity contribution >= 4 is 17.9 Å². The Morgan fingerprint density at radius 1 is 1.07 bits per heavy atom. The highest BCUT2D eigenvalue weighted by molar-refractivity contribution is 6.35. The quantitative estimate of drug-likeness (QED) is 0.293. The Labute approximate surface area is 86.3 Å². The Balaban J connectivity index is 3.55. The maximum atomic E-state index is 11.0. The predicted molar refractivity (Wildman–Crippen MR) is 50.6 cm³/mol. The first-order valence-corrected chi connectivity index (χ1v) is 4.26. The van der Waals surface area contributed by atoms with Crippen LogP contribution >= 0.6 is 0 Å². The summed E-state index contributed by atoms with van der Waals surface area (Å²) < 4.78 is 4.33. The molecule has 3 amide bonds. The van der Waals surface area contributed by atoms with E-state index in [9.17, 15) is 14.4 Å². The number of nitrogens with two attached hydrogens (primary N) is 2. The average Bonchev–Trinajstić information content (AvgIpc) is 2.20. The van der Waals surface area contributed by atoms with Gasteiger partial charge in [0.05, 0.1) is 6.54 Å². The molecule has 6 N–H and O–H groups in total. The molecule has 0 fully saturated rings. The number of ether oxygens (including phenoxy) is 1. The summed E-state index contributed by atoms with van der Waals surface area (Å²) in [5.74, 6) is -1.59. The fraction of sp³-hybridized carbons (Fsp3) is 0.571. The molecule has 0 aromatic heterocycles. The minimum absolute atomic E-state index is 0.0256. The van der Waals surface area contributed by atoms with Gasteiger partial charge in [-0.25, -0.2) is 4.79 Å². The van der Waals surface area contributed by atoms with Gasteiger partial charge >= 0.3 is 17.9 Å². The third-order valence-electron chi connectivity index (χ3n) is 1.27. The SMILES string of the molecule is NCCNC(=O)C(=O)NCCOC(N)=O. The van der Waals surface area contributed by atoms with Gasteiger partial charge in [0, 0.05) is 13.1 Å². The highest BCUT2D eigenvalue weighted by Crippen LogP contribution is 1.73. The van der Waals surface area contributed by atoms with Gasteiger partial charge in [-0.05, 0) is 0 Å². The summed E-state index contributed by atoms with van der Waals surface area (Å²) in [5.41, 5.74) is 9.78. The lowest BCUT2D eigenvalue weighted by atomic mass is 10.5. The van der Waals surface area contributed by atoms with E-state index in [1.807, 2.05) is 0 Å². The normalized spacial score (nSPS) is 9.13. The summed E-state index contributed by atoms with van der Waals surface area (Å²) in [7, 11) is 0. The summed E-state index contributed by atoms with van der Waals surface area (Å²) in [6, 6.07) is 0. The first-order chi connectivity index (χ1) is 7.07. The van der Waals surface area contributed by atoms with Gasteiger partial charge < -0.3 is 26.8 Å². The highest BCUT2D eigenvalue weighted by atomic mass is 16.5. The fourth-order valence-corrected chi connectivity index (χ4v) is 0.662. The Morgan fingerprint density at radius 2 is 1.60 bits per heavy atom. The molecule has 0 aromatic carbocycles. The van der Waals surface area contributed by atoms with Crippen LogP contribution in [0.1, 0.15) is 0 Å². The van der Waals surface area contributed by atoms with Crippen molar-refractivity contribution in [3.8, 4) is 0 Å². The number of hydrogen-bond donors (Lipinski definition) is 4. The molecule has 0 radical (unpaired) electrons. The minimum Gasteiger partial charge on any atom is -0.448 e. The van der Waals surface area contributed by atoms with Crippen molar-refractivity contribution in [2.24, 2.45) is 11.5 Å². The Morgan fingerprint density at radius 3 is 2.07 bits per heavy atom. The Bertz CT molecular complexity index is 243. The summed E-state index contributed by atoms with van der Waals surface area (Å²) in [4.78, 5) is 32.0. The lowest BCUT2D eigenvalue weighted by molar-refractivity contribution is -0.139. The molecule has 0 aliphatic heterocycles. The second-order valence-electron chi connectivity index (χ2n) is 2.47. The van der Waals surface area contributed by atoms with Gasteiger partial charge in [-0.3, -0.25) is 9.59 Å². The second-order valence-corrected chi connectivity index (χ2v) is 2.47. The zero-order valence-corrected chi connectivity index (χ0v) is 8.12. The van der Waals surface area contributed by atoms with Crippen molar-refractivity contribution in [3.63, 3.8) is 0 Å². The van der Waals surface area contributed by atoms with Crippen molar-refractivity contribution in [1.29, 1.82) is 0 Å². The van der Waals surface area contributed by atoms with E-state index in [2.05, 4.69) is 21.1 Å². The summed E-state index contributed by atoms with van der Waals surface area (Å²) in [5, 5.41) is 4.50. The lowest BCUT2D eigenvalue weighted by Crippen LogP contribution is -2.42. The molecule has 0 aliphatic rings. The van der Waals surface area contributed by atoms with E-state index >= 15 is 0 Å². The van der Waals surface area contributed by atoms with E-state index in [1.54, 1.807) is 0 Å². The van der Waals surface area contributed by atoms with Crippen molar-refractivity contribution < 1.29 is 19.1 Å². The standard InChI is InChI=1S/C7H14N4O4/c8-1-2-10-5(12)6(13)11-3-4-15-7(9)14/h1-4,8H2,(H2,9,14)(H,10,12)(H,11,13). The Hall–Kier alpha value is -1.83. The molecule has 0 aromatic rings. The van der Waals surface area contributed by atoms with Crippen LogP contribution in [0.15, 0.2) is 0 Å². The molecule has 8 nitrogen and oxygen atoms in total. The molecule has 0 aliphatic carbocycles. The van der Waals surface area contributed by atoms with E-state index in [-0.39, 0.29) is 26.2 Å². The first kappa shape index (κ1) is 13.2. The van der Waals surface area contributed by atoms with E-state index in [0.29, 0.717) is 0 Å². The third-order valence-corrected chi connectivity index (χ3v) is 1.27. The molecule has 86 valence electrons. The third kappa shape index (κ3) is 7.26. The van der Waals surface area contributed by atoms with Crippen LogP contribution in [-0.2, 0) is 14.3 Å². The number of amides is 3. The maximum absolute atomic E-state index is 11.0. The summed E-state index contributed by atoms with van der Waals surface area (Å²) in [6.45, 7) is 0.427. The topological polar surface area (TPSA) is 137 Å². The van der Waals surface area contributed by atoms with Crippen LogP contribution in [0.4, 0.5) is 4.79 Å². The lowest BCUT2D eigenvalue weighted by Gasteiger charge is -2.05. The second kappa shape index (κ2) is 7.56. The number of hydrogen-bond acceptors (Lipinski definition) is 5. The maximum Gasteiger partial charge on any atom is 0.404 e. The molecule has 0 atom stereocenters. The molecule has 0 saturated carbocycles. The van der Waals surface area contributed by atoms with Crippen LogP contribution in [0.2, 0.25) is 0 Å². The van der Waals surface area contributed by atoms with Gasteiger partial charge in [-0.1, -0.05) is 0 Å². The molecule has 0 bridgehead atoms. The van der Waals surface area contributed by atoms with Crippen LogP contribution in [-0.4, -0.2) is 44.1 Å². The summed E-state index contributed by atoms with van der Waals surface area (Å²) >= 11 is 0. The van der Waals surface area contributed by atoms with Gasteiger partial charge in [-0.15, -0.1) is 0 Å². The zero-order chi connectivity index (χ0) is 11.7. The predicted octanol–water partition coefficient (Wildman–Crippen LogP) is -2.73. The van der Waals surface area contributed by atoms with Crippen LogP contribution in [0.25, 0.3) is 0 Å². The molecular weight excluding hydrogens is 204 g/mol. The number of rotatable bonds is 5. The molecule has 0 saturated heterocycles. The number of nitrogens with one attached hydrogen (secondary N) is 2. The summed E-state index contributed by atoms with van der Waals surface area (Å²) in [6.07, 6.45) is -0.933. The zero-order valence-electron chi connectivity index (χ0n) is 8.12. The van der Waals surface area contributed by atoms with E-state index in [1.165, 1.54) is 0 Å². The van der Waals surface area contributed by atoms with Crippen molar-refractivity contribution in [1.82, 2.24) is 10.6 Å². The van der Waals surface area contributed by atoms with Gasteiger partial charge in [-0.2, -0.15) is 0 Å². The van der Waals surface area contributed by atoms with Gasteiger partial charge in [0.2, 0.25) is 0 Å². The number of primary amides is 1. The largest absolute Gasteiger partial charge is 0.448 e. The van der Waals surface area contributed by atoms with Crippen LogP contribution in [0.5, 0.6) is 0 Å². The van der Waals surface area contributed by atoms with Crippen LogP contribution < -0.4 is 22.1 Å². The molecule has 8 heteroatoms. The molecule has 0 unspecified atom stereocenters. The van der Waals surface area contributed by atoms with Gasteiger partial charge in [0.25, 0.3) is 0 Å². The van der Waals surface area contributed by atoms with E-state index in [4.69, 9.17) is 5.73 Å². The van der Waals surface area contributed by atoms with Gasteiger partial charge in [0.15, 0.2) is 0 Å². The molecular formula is C7H14N4O4. The first-order valence-electron chi connectivity index (χ1n) is 4.26. The van der Waals surface area contributed by atoms with E-state index in [0.717, 1.165) is 0 Å². The van der Waals surface area contributed by atoms with E-state index < -0.39 is 17.9 Å². The molecule has 0 spiro atoms. The monoisotopic (exact) mass is 218 g/mol. The average molecular weight is 218 g/mol. The van der Waals surface area contributed by atoms with Crippen LogP contribution in [0, 0.1) is 0 Å². The van der Waals surface area contributed by atoms with Crippen molar-refractivity contribution in [2.75, 3.05) is 26.2 Å².